The van der Waals surface area contributed by atoms with Gasteiger partial charge in [-0.15, -0.1) is 0 Å². The fraction of sp³-hybridized carbons (Fsp3) is 0.357. The second-order valence-electron chi connectivity index (χ2n) is 4.50. The molecule has 0 spiro atoms. The van der Waals surface area contributed by atoms with Crippen LogP contribution in [0.5, 0.6) is 0 Å². The van der Waals surface area contributed by atoms with Crippen LogP contribution in [0, 0.1) is 5.82 Å². The molecule has 0 saturated heterocycles. The third-order valence-corrected chi connectivity index (χ3v) is 2.83. The van der Waals surface area contributed by atoms with E-state index in [1.165, 1.54) is 6.07 Å². The number of hydrogen-bond acceptors (Lipinski definition) is 4. The Morgan fingerprint density at radius 2 is 2.29 bits per heavy atom. The first-order valence-electron chi connectivity index (χ1n) is 6.85. The second-order valence-corrected chi connectivity index (χ2v) is 4.50. The molecule has 0 saturated carbocycles. The van der Waals surface area contributed by atoms with Crippen LogP contribution in [0.3, 0.4) is 0 Å². The Morgan fingerprint density at radius 1 is 1.43 bits per heavy atom. The number of aromatic nitrogens is 3. The lowest BCUT2D eigenvalue weighted by Gasteiger charge is -2.11. The van der Waals surface area contributed by atoms with Crippen LogP contribution in [0.1, 0.15) is 23.7 Å². The number of carbonyl (C=O) groups excluding carboxylic acids is 1. The molecule has 2 rings (SSSR count). The molecule has 0 aromatic carbocycles. The summed E-state index contributed by atoms with van der Waals surface area (Å²) >= 11 is 0. The highest BCUT2D eigenvalue weighted by molar-refractivity contribution is 5.98. The van der Waals surface area contributed by atoms with Gasteiger partial charge in [0.25, 0.3) is 5.91 Å². The van der Waals surface area contributed by atoms with E-state index >= 15 is 0 Å². The highest BCUT2D eigenvalue weighted by Crippen LogP contribution is 2.13. The molecule has 2 aromatic rings. The molecule has 0 radical (unpaired) electrons. The van der Waals surface area contributed by atoms with Gasteiger partial charge in [0.1, 0.15) is 11.6 Å². The van der Waals surface area contributed by atoms with Crippen LogP contribution in [-0.4, -0.2) is 33.8 Å². The molecule has 1 amide bonds. The third kappa shape index (κ3) is 4.27. The van der Waals surface area contributed by atoms with Gasteiger partial charge in [0.05, 0.1) is 18.3 Å². The van der Waals surface area contributed by atoms with Crippen molar-refractivity contribution in [3.8, 4) is 0 Å². The molecule has 6 nitrogen and oxygen atoms in total. The summed E-state index contributed by atoms with van der Waals surface area (Å²) < 4.78 is 15.0. The summed E-state index contributed by atoms with van der Waals surface area (Å²) in [6, 6.07) is 3.00. The lowest BCUT2D eigenvalue weighted by atomic mass is 10.2. The number of nitrogens with zero attached hydrogens (tertiary/aromatic N) is 3. The van der Waals surface area contributed by atoms with Crippen molar-refractivity contribution in [2.45, 2.75) is 19.9 Å². The molecule has 0 aliphatic rings. The Morgan fingerprint density at radius 3 is 3.00 bits per heavy atom. The largest absolute Gasteiger partial charge is 0.369 e. The minimum absolute atomic E-state index is 0.212. The van der Waals surface area contributed by atoms with E-state index in [2.05, 4.69) is 20.7 Å². The van der Waals surface area contributed by atoms with Crippen molar-refractivity contribution < 1.29 is 9.18 Å². The quantitative estimate of drug-likeness (QED) is 0.814. The zero-order valence-electron chi connectivity index (χ0n) is 11.8. The summed E-state index contributed by atoms with van der Waals surface area (Å²) in [6.07, 6.45) is 5.47. The molecule has 2 heterocycles. The van der Waals surface area contributed by atoms with Gasteiger partial charge in [0.2, 0.25) is 0 Å². The van der Waals surface area contributed by atoms with Crippen LogP contribution < -0.4 is 10.6 Å². The molecule has 7 heteroatoms. The normalized spacial score (nSPS) is 10.4. The number of anilines is 1. The summed E-state index contributed by atoms with van der Waals surface area (Å²) in [6.45, 7) is 3.63. The van der Waals surface area contributed by atoms with E-state index in [0.29, 0.717) is 25.5 Å². The summed E-state index contributed by atoms with van der Waals surface area (Å²) in [5, 5.41) is 9.79. The van der Waals surface area contributed by atoms with E-state index in [1.807, 2.05) is 19.2 Å². The van der Waals surface area contributed by atoms with Crippen molar-refractivity contribution in [1.82, 2.24) is 20.1 Å². The van der Waals surface area contributed by atoms with Crippen molar-refractivity contribution in [3.05, 3.63) is 42.1 Å². The van der Waals surface area contributed by atoms with Gasteiger partial charge in [-0.25, -0.2) is 9.37 Å². The van der Waals surface area contributed by atoms with E-state index < -0.39 is 5.82 Å². The predicted octanol–water partition coefficient (Wildman–Crippen LogP) is 1.67. The number of pyridine rings is 1. The maximum absolute atomic E-state index is 13.3. The number of nitrogens with one attached hydrogen (secondary N) is 2. The number of hydrogen-bond donors (Lipinski definition) is 2. The molecule has 0 bridgehead atoms. The van der Waals surface area contributed by atoms with Gasteiger partial charge in [-0.3, -0.25) is 9.48 Å². The predicted molar refractivity (Wildman–Crippen MR) is 77.5 cm³/mol. The number of amides is 1. The van der Waals surface area contributed by atoms with Crippen molar-refractivity contribution in [2.24, 2.45) is 0 Å². The van der Waals surface area contributed by atoms with Crippen LogP contribution in [0.15, 0.2) is 30.7 Å². The molecular formula is C14H18FN5O. The zero-order valence-corrected chi connectivity index (χ0v) is 11.8. The molecule has 0 fully saturated rings. The van der Waals surface area contributed by atoms with Gasteiger partial charge in [0.15, 0.2) is 0 Å². The Hall–Kier alpha value is -2.44. The van der Waals surface area contributed by atoms with Crippen molar-refractivity contribution in [2.75, 3.05) is 18.4 Å². The molecule has 21 heavy (non-hydrogen) atoms. The van der Waals surface area contributed by atoms with Crippen molar-refractivity contribution >= 4 is 11.7 Å². The molecular weight excluding hydrogens is 273 g/mol. The van der Waals surface area contributed by atoms with Gasteiger partial charge in [-0.2, -0.15) is 5.10 Å². The molecule has 2 aromatic heterocycles. The first-order chi connectivity index (χ1) is 10.2. The minimum Gasteiger partial charge on any atom is -0.369 e. The van der Waals surface area contributed by atoms with Gasteiger partial charge in [-0.05, 0) is 18.6 Å². The van der Waals surface area contributed by atoms with E-state index in [0.717, 1.165) is 12.6 Å². The Kier molecular flexibility index (Phi) is 5.25. The van der Waals surface area contributed by atoms with Gasteiger partial charge < -0.3 is 10.6 Å². The minimum atomic E-state index is -0.533. The van der Waals surface area contributed by atoms with Crippen LogP contribution in [0.4, 0.5) is 10.2 Å². The summed E-state index contributed by atoms with van der Waals surface area (Å²) in [7, 11) is 0. The molecule has 0 unspecified atom stereocenters. The van der Waals surface area contributed by atoms with E-state index in [1.54, 1.807) is 10.9 Å². The second kappa shape index (κ2) is 7.37. The summed E-state index contributed by atoms with van der Waals surface area (Å²) in [5.41, 5.74) is 0.212. The molecule has 0 aliphatic carbocycles. The van der Waals surface area contributed by atoms with E-state index in [4.69, 9.17) is 0 Å². The summed E-state index contributed by atoms with van der Waals surface area (Å²) in [4.78, 5) is 16.1. The van der Waals surface area contributed by atoms with Gasteiger partial charge in [0, 0.05) is 25.5 Å². The first kappa shape index (κ1) is 15.0. The average molecular weight is 291 g/mol. The fourth-order valence-electron chi connectivity index (χ4n) is 1.81. The van der Waals surface area contributed by atoms with Crippen molar-refractivity contribution in [1.29, 1.82) is 0 Å². The van der Waals surface area contributed by atoms with Crippen LogP contribution in [0.25, 0.3) is 0 Å². The maximum atomic E-state index is 13.3. The van der Waals surface area contributed by atoms with Crippen LogP contribution in [0.2, 0.25) is 0 Å². The monoisotopic (exact) mass is 291 g/mol. The lowest BCUT2D eigenvalue weighted by molar-refractivity contribution is 0.0952. The zero-order chi connectivity index (χ0) is 15.1. The Labute approximate surface area is 122 Å². The first-order valence-corrected chi connectivity index (χ1v) is 6.85. The van der Waals surface area contributed by atoms with E-state index in [9.17, 15) is 9.18 Å². The van der Waals surface area contributed by atoms with Gasteiger partial charge in [-0.1, -0.05) is 6.92 Å². The molecule has 0 atom stereocenters. The van der Waals surface area contributed by atoms with E-state index in [-0.39, 0.29) is 11.5 Å². The number of halogens is 1. The SMILES string of the molecule is CCCNc1ncc(F)cc1C(=O)NCCn1cccn1. The van der Waals surface area contributed by atoms with Crippen LogP contribution >= 0.6 is 0 Å². The Bertz CT molecular complexity index is 585. The number of rotatable bonds is 7. The molecule has 0 aliphatic heterocycles. The van der Waals surface area contributed by atoms with Crippen LogP contribution in [-0.2, 0) is 6.54 Å². The highest BCUT2D eigenvalue weighted by Gasteiger charge is 2.13. The van der Waals surface area contributed by atoms with Crippen molar-refractivity contribution in [3.63, 3.8) is 0 Å². The standard InChI is InChI=1S/C14H18FN5O/c1-2-4-16-13-12(9-11(15)10-18-13)14(21)17-6-8-20-7-3-5-19-20/h3,5,7,9-10H,2,4,6,8H2,1H3,(H,16,18)(H,17,21). The third-order valence-electron chi connectivity index (χ3n) is 2.83. The molecule has 112 valence electrons. The average Bonchev–Trinajstić information content (AvgIpc) is 2.99. The fourth-order valence-corrected chi connectivity index (χ4v) is 1.81. The summed E-state index contributed by atoms with van der Waals surface area (Å²) in [5.74, 6) is -0.489. The maximum Gasteiger partial charge on any atom is 0.255 e. The molecule has 2 N–H and O–H groups in total. The topological polar surface area (TPSA) is 71.8 Å². The highest BCUT2D eigenvalue weighted by atomic mass is 19.1. The Balaban J connectivity index is 1.98. The smallest absolute Gasteiger partial charge is 0.255 e. The number of carbonyl (C=O) groups is 1. The van der Waals surface area contributed by atoms with Gasteiger partial charge >= 0.3 is 0 Å². The lowest BCUT2D eigenvalue weighted by Crippen LogP contribution is -2.28.